The van der Waals surface area contributed by atoms with Gasteiger partial charge in [-0.2, -0.15) is 0 Å². The molecule has 0 spiro atoms. The standard InChI is InChI=1S/C18H15ClIN3O3S/c1-11-8-12(19)6-7-15(11)25-9-17-22-23-18(26-17)27-10-16(24)21-14-5-3-2-4-13(14)20/h2-8H,9-10H2,1H3,(H,21,24). The van der Waals surface area contributed by atoms with Crippen LogP contribution in [-0.4, -0.2) is 21.9 Å². The molecule has 3 aromatic rings. The second kappa shape index (κ2) is 9.43. The normalized spacial score (nSPS) is 10.6. The molecule has 1 aromatic heterocycles. The number of carbonyl (C=O) groups excluding carboxylic acids is 1. The lowest BCUT2D eigenvalue weighted by Gasteiger charge is -2.06. The van der Waals surface area contributed by atoms with Crippen LogP contribution in [-0.2, 0) is 11.4 Å². The van der Waals surface area contributed by atoms with E-state index in [2.05, 4.69) is 38.1 Å². The SMILES string of the molecule is Cc1cc(Cl)ccc1OCc1nnc(SCC(=O)Nc2ccccc2I)o1. The average molecular weight is 516 g/mol. The average Bonchev–Trinajstić information content (AvgIpc) is 3.09. The first-order valence-corrected chi connectivity index (χ1v) is 10.3. The van der Waals surface area contributed by atoms with E-state index in [1.807, 2.05) is 37.3 Å². The maximum absolute atomic E-state index is 12.1. The Morgan fingerprint density at radius 3 is 2.89 bits per heavy atom. The van der Waals surface area contributed by atoms with Gasteiger partial charge in [-0.3, -0.25) is 4.79 Å². The van der Waals surface area contributed by atoms with E-state index >= 15 is 0 Å². The number of ether oxygens (including phenoxy) is 1. The van der Waals surface area contributed by atoms with E-state index in [4.69, 9.17) is 20.8 Å². The predicted molar refractivity (Wildman–Crippen MR) is 113 cm³/mol. The molecule has 0 aliphatic heterocycles. The fraction of sp³-hybridized carbons (Fsp3) is 0.167. The number of hydrogen-bond donors (Lipinski definition) is 1. The molecule has 0 unspecified atom stereocenters. The van der Waals surface area contributed by atoms with E-state index in [1.54, 1.807) is 12.1 Å². The molecule has 1 heterocycles. The molecule has 0 saturated heterocycles. The highest BCUT2D eigenvalue weighted by molar-refractivity contribution is 14.1. The van der Waals surface area contributed by atoms with Crippen LogP contribution in [0.1, 0.15) is 11.5 Å². The van der Waals surface area contributed by atoms with Crippen LogP contribution in [0.2, 0.25) is 5.02 Å². The Morgan fingerprint density at radius 2 is 2.11 bits per heavy atom. The van der Waals surface area contributed by atoms with Crippen molar-refractivity contribution in [3.63, 3.8) is 0 Å². The highest BCUT2D eigenvalue weighted by Gasteiger charge is 2.12. The van der Waals surface area contributed by atoms with Gasteiger partial charge >= 0.3 is 0 Å². The highest BCUT2D eigenvalue weighted by Crippen LogP contribution is 2.23. The Morgan fingerprint density at radius 1 is 1.30 bits per heavy atom. The molecule has 140 valence electrons. The van der Waals surface area contributed by atoms with Crippen molar-refractivity contribution in [2.75, 3.05) is 11.1 Å². The van der Waals surface area contributed by atoms with Crippen LogP contribution in [0.5, 0.6) is 5.75 Å². The quantitative estimate of drug-likeness (QED) is 0.355. The Hall–Kier alpha value is -1.78. The van der Waals surface area contributed by atoms with Crippen LogP contribution in [0.4, 0.5) is 5.69 Å². The van der Waals surface area contributed by atoms with Gasteiger partial charge in [0.15, 0.2) is 6.61 Å². The van der Waals surface area contributed by atoms with E-state index in [1.165, 1.54) is 11.8 Å². The number of para-hydroxylation sites is 1. The van der Waals surface area contributed by atoms with Crippen LogP contribution < -0.4 is 10.1 Å². The molecule has 0 saturated carbocycles. The molecule has 1 amide bonds. The maximum atomic E-state index is 12.1. The zero-order valence-electron chi connectivity index (χ0n) is 14.2. The summed E-state index contributed by atoms with van der Waals surface area (Å²) in [4.78, 5) is 12.1. The second-order valence-corrected chi connectivity index (χ2v) is 8.00. The van der Waals surface area contributed by atoms with E-state index in [0.717, 1.165) is 14.8 Å². The van der Waals surface area contributed by atoms with Gasteiger partial charge in [-0.15, -0.1) is 10.2 Å². The van der Waals surface area contributed by atoms with E-state index in [-0.39, 0.29) is 18.3 Å². The topological polar surface area (TPSA) is 77.2 Å². The summed E-state index contributed by atoms with van der Waals surface area (Å²) in [7, 11) is 0. The summed E-state index contributed by atoms with van der Waals surface area (Å²) in [6.45, 7) is 2.05. The van der Waals surface area contributed by atoms with Gasteiger partial charge in [0.1, 0.15) is 5.75 Å². The smallest absolute Gasteiger partial charge is 0.277 e. The van der Waals surface area contributed by atoms with E-state index in [0.29, 0.717) is 21.9 Å². The van der Waals surface area contributed by atoms with Crippen LogP contribution in [0.15, 0.2) is 52.1 Å². The lowest BCUT2D eigenvalue weighted by molar-refractivity contribution is -0.113. The summed E-state index contributed by atoms with van der Waals surface area (Å²) in [6.07, 6.45) is 0. The zero-order chi connectivity index (χ0) is 19.2. The Balaban J connectivity index is 1.49. The fourth-order valence-electron chi connectivity index (χ4n) is 2.15. The number of carbonyl (C=O) groups is 1. The number of benzene rings is 2. The van der Waals surface area contributed by atoms with Crippen LogP contribution >= 0.6 is 46.0 Å². The monoisotopic (exact) mass is 515 g/mol. The molecule has 1 N–H and O–H groups in total. The first kappa shape index (κ1) is 20.0. The number of hydrogen-bond acceptors (Lipinski definition) is 6. The maximum Gasteiger partial charge on any atom is 0.277 e. The van der Waals surface area contributed by atoms with Gasteiger partial charge < -0.3 is 14.5 Å². The molecule has 0 fully saturated rings. The van der Waals surface area contributed by atoms with E-state index in [9.17, 15) is 4.79 Å². The van der Waals surface area contributed by atoms with Crippen molar-refractivity contribution in [2.24, 2.45) is 0 Å². The molecule has 9 heteroatoms. The molecule has 0 aliphatic rings. The summed E-state index contributed by atoms with van der Waals surface area (Å²) >= 11 is 9.27. The van der Waals surface area contributed by atoms with Gasteiger partial charge in [0.05, 0.1) is 11.4 Å². The van der Waals surface area contributed by atoms with Crippen LogP contribution in [0.25, 0.3) is 0 Å². The predicted octanol–water partition coefficient (Wildman–Crippen LogP) is 4.95. The minimum atomic E-state index is -0.142. The largest absolute Gasteiger partial charge is 0.484 e. The molecular weight excluding hydrogens is 501 g/mol. The summed E-state index contributed by atoms with van der Waals surface area (Å²) in [5, 5.41) is 11.7. The van der Waals surface area contributed by atoms with Gasteiger partial charge in [0.2, 0.25) is 5.91 Å². The van der Waals surface area contributed by atoms with Gasteiger partial charge in [0, 0.05) is 8.59 Å². The molecule has 2 aromatic carbocycles. The van der Waals surface area contributed by atoms with E-state index < -0.39 is 0 Å². The number of rotatable bonds is 7. The first-order valence-electron chi connectivity index (χ1n) is 7.90. The number of nitrogens with one attached hydrogen (secondary N) is 1. The van der Waals surface area contributed by atoms with Crippen molar-refractivity contribution < 1.29 is 13.9 Å². The number of nitrogens with zero attached hydrogens (tertiary/aromatic N) is 2. The fourth-order valence-corrected chi connectivity index (χ4v) is 3.47. The Kier molecular flexibility index (Phi) is 6.97. The van der Waals surface area contributed by atoms with Gasteiger partial charge in [0.25, 0.3) is 11.1 Å². The third-order valence-electron chi connectivity index (χ3n) is 3.41. The molecule has 6 nitrogen and oxygen atoms in total. The van der Waals surface area contributed by atoms with Crippen molar-refractivity contribution in [1.82, 2.24) is 10.2 Å². The molecule has 0 radical (unpaired) electrons. The molecular formula is C18H15ClIN3O3S. The number of aryl methyl sites for hydroxylation is 1. The van der Waals surface area contributed by atoms with Gasteiger partial charge in [-0.05, 0) is 65.4 Å². The molecule has 27 heavy (non-hydrogen) atoms. The number of aromatic nitrogens is 2. The van der Waals surface area contributed by atoms with Crippen molar-refractivity contribution >= 4 is 57.5 Å². The molecule has 0 bridgehead atoms. The Labute approximate surface area is 179 Å². The summed E-state index contributed by atoms with van der Waals surface area (Å²) in [6, 6.07) is 12.9. The van der Waals surface area contributed by atoms with Crippen molar-refractivity contribution in [2.45, 2.75) is 18.8 Å². The lowest BCUT2D eigenvalue weighted by Crippen LogP contribution is -2.14. The number of amides is 1. The van der Waals surface area contributed by atoms with Gasteiger partial charge in [-0.1, -0.05) is 35.5 Å². The lowest BCUT2D eigenvalue weighted by atomic mass is 10.2. The number of thioether (sulfide) groups is 1. The van der Waals surface area contributed by atoms with Crippen LogP contribution in [0.3, 0.4) is 0 Å². The van der Waals surface area contributed by atoms with Crippen molar-refractivity contribution in [1.29, 1.82) is 0 Å². The second-order valence-electron chi connectivity index (χ2n) is 5.48. The van der Waals surface area contributed by atoms with Crippen LogP contribution in [0, 0.1) is 10.5 Å². The van der Waals surface area contributed by atoms with Crippen molar-refractivity contribution in [3.8, 4) is 5.75 Å². The minimum absolute atomic E-state index is 0.142. The van der Waals surface area contributed by atoms with Gasteiger partial charge in [-0.25, -0.2) is 0 Å². The molecule has 3 rings (SSSR count). The third-order valence-corrected chi connectivity index (χ3v) is 5.41. The summed E-state index contributed by atoms with van der Waals surface area (Å²) in [5.41, 5.74) is 1.70. The zero-order valence-corrected chi connectivity index (χ0v) is 18.0. The summed E-state index contributed by atoms with van der Waals surface area (Å²) < 4.78 is 12.1. The highest BCUT2D eigenvalue weighted by atomic mass is 127. The Bertz CT molecular complexity index is 951. The summed E-state index contributed by atoms with van der Waals surface area (Å²) in [5.74, 6) is 1.06. The van der Waals surface area contributed by atoms with Crippen molar-refractivity contribution in [3.05, 3.63) is 62.5 Å². The third kappa shape index (κ3) is 5.85. The number of anilines is 1. The molecule has 0 atom stereocenters. The number of halogens is 2. The minimum Gasteiger partial charge on any atom is -0.484 e. The molecule has 0 aliphatic carbocycles. The first-order chi connectivity index (χ1) is 13.0.